The number of carbonyl (C=O) groups excluding carboxylic acids is 3. The number of carbonyl (C=O) groups is 3. The molecule has 9 rings (SSSR count). The highest BCUT2D eigenvalue weighted by molar-refractivity contribution is 5.87. The third kappa shape index (κ3) is 2.97. The molecule has 0 aromatic heterocycles. The lowest BCUT2D eigenvalue weighted by atomic mass is 9.59. The Morgan fingerprint density at radius 2 is 1.37 bits per heavy atom. The number of esters is 3. The van der Waals surface area contributed by atoms with Gasteiger partial charge in [0.05, 0.1) is 17.8 Å². The topological polar surface area (TPSA) is 78.9 Å². The molecule has 6 aliphatic rings. The van der Waals surface area contributed by atoms with Gasteiger partial charge in [-0.25, -0.2) is 0 Å². The van der Waals surface area contributed by atoms with Crippen LogP contribution in [0.3, 0.4) is 0 Å². The van der Waals surface area contributed by atoms with Gasteiger partial charge in [0.25, 0.3) is 0 Å². The SMILES string of the molecule is O=C(OC1C2CC3C1OC(=O)C3C2C(=O)Oc1ccccc1)C1CC2c3ccccc3C1c1ccccc12. The Labute approximate surface area is 219 Å². The summed E-state index contributed by atoms with van der Waals surface area (Å²) in [6.45, 7) is 0. The predicted molar refractivity (Wildman–Crippen MR) is 135 cm³/mol. The first kappa shape index (κ1) is 22.1. The van der Waals surface area contributed by atoms with E-state index in [1.54, 1.807) is 24.3 Å². The average molecular weight is 507 g/mol. The van der Waals surface area contributed by atoms with Gasteiger partial charge in [0.1, 0.15) is 18.0 Å². The zero-order valence-corrected chi connectivity index (χ0v) is 20.6. The molecule has 190 valence electrons. The molecule has 5 aliphatic carbocycles. The highest BCUT2D eigenvalue weighted by Crippen LogP contribution is 2.60. The first-order valence-corrected chi connectivity index (χ1v) is 13.5. The molecule has 0 N–H and O–H groups in total. The number of ether oxygens (including phenoxy) is 3. The standard InChI is InChI=1S/C32H26O6/c33-30(24-14-21-17-10-4-6-12-19(17)25(24)20-13-7-5-11-18(20)21)37-28-22-15-23-27(32(35)38-29(23)28)26(22)31(34)36-16-8-2-1-3-9-16/h1-13,21-29H,14-15H2. The number of hydrogen-bond donors (Lipinski definition) is 0. The highest BCUT2D eigenvalue weighted by atomic mass is 16.6. The summed E-state index contributed by atoms with van der Waals surface area (Å²) in [4.78, 5) is 40.0. The second-order valence-electron chi connectivity index (χ2n) is 11.3. The van der Waals surface area contributed by atoms with E-state index in [4.69, 9.17) is 14.2 Å². The summed E-state index contributed by atoms with van der Waals surface area (Å²) in [6, 6.07) is 25.6. The fraction of sp³-hybridized carbons (Fsp3) is 0.344. The molecule has 0 amide bonds. The minimum atomic E-state index is -0.673. The van der Waals surface area contributed by atoms with E-state index in [9.17, 15) is 14.4 Å². The Kier molecular flexibility index (Phi) is 4.67. The van der Waals surface area contributed by atoms with Crippen molar-refractivity contribution in [2.24, 2.45) is 29.6 Å². The third-order valence-corrected chi connectivity index (χ3v) is 9.64. The van der Waals surface area contributed by atoms with Crippen LogP contribution in [0.5, 0.6) is 5.75 Å². The fourth-order valence-electron chi connectivity index (χ4n) is 8.23. The van der Waals surface area contributed by atoms with Crippen LogP contribution in [0.15, 0.2) is 78.9 Å². The smallest absolute Gasteiger partial charge is 0.315 e. The van der Waals surface area contributed by atoms with E-state index in [-0.39, 0.29) is 41.5 Å². The maximum Gasteiger partial charge on any atom is 0.315 e. The maximum atomic E-state index is 13.9. The van der Waals surface area contributed by atoms with Crippen molar-refractivity contribution in [1.29, 1.82) is 0 Å². The molecule has 7 atom stereocenters. The Morgan fingerprint density at radius 3 is 2.05 bits per heavy atom. The molecule has 0 spiro atoms. The zero-order valence-electron chi connectivity index (χ0n) is 20.6. The Balaban J connectivity index is 1.08. The number of para-hydroxylation sites is 1. The summed E-state index contributed by atoms with van der Waals surface area (Å²) in [7, 11) is 0. The van der Waals surface area contributed by atoms with Gasteiger partial charge in [-0.05, 0) is 47.2 Å². The van der Waals surface area contributed by atoms with Crippen molar-refractivity contribution in [3.63, 3.8) is 0 Å². The van der Waals surface area contributed by atoms with Gasteiger partial charge in [-0.3, -0.25) is 14.4 Å². The summed E-state index contributed by atoms with van der Waals surface area (Å²) in [5.41, 5.74) is 4.95. The van der Waals surface area contributed by atoms with Gasteiger partial charge >= 0.3 is 17.9 Å². The number of benzene rings is 3. The maximum absolute atomic E-state index is 13.9. The van der Waals surface area contributed by atoms with Crippen LogP contribution < -0.4 is 4.74 Å². The third-order valence-electron chi connectivity index (χ3n) is 9.64. The lowest BCUT2D eigenvalue weighted by Gasteiger charge is -2.45. The summed E-state index contributed by atoms with van der Waals surface area (Å²) in [5.74, 6) is -2.53. The van der Waals surface area contributed by atoms with Crippen LogP contribution in [0.1, 0.15) is 46.9 Å². The minimum absolute atomic E-state index is 0.0730. The molecule has 38 heavy (non-hydrogen) atoms. The monoisotopic (exact) mass is 506 g/mol. The second-order valence-corrected chi connectivity index (χ2v) is 11.3. The molecule has 0 radical (unpaired) electrons. The molecule has 3 fully saturated rings. The quantitative estimate of drug-likeness (QED) is 0.380. The van der Waals surface area contributed by atoms with Gasteiger partial charge in [-0.1, -0.05) is 66.7 Å². The van der Waals surface area contributed by atoms with E-state index in [0.717, 1.165) is 0 Å². The van der Waals surface area contributed by atoms with E-state index in [0.29, 0.717) is 18.6 Å². The Bertz CT molecular complexity index is 1430. The summed E-state index contributed by atoms with van der Waals surface area (Å²) in [5, 5.41) is 0. The van der Waals surface area contributed by atoms with Crippen LogP contribution in [0.4, 0.5) is 0 Å². The van der Waals surface area contributed by atoms with Gasteiger partial charge < -0.3 is 14.2 Å². The lowest BCUT2D eigenvalue weighted by Crippen LogP contribution is -2.46. The van der Waals surface area contributed by atoms with Crippen LogP contribution in [0.25, 0.3) is 0 Å². The molecule has 3 aromatic rings. The second kappa shape index (κ2) is 8.03. The van der Waals surface area contributed by atoms with E-state index >= 15 is 0 Å². The molecule has 7 unspecified atom stereocenters. The van der Waals surface area contributed by atoms with Crippen LogP contribution in [0.2, 0.25) is 0 Å². The lowest BCUT2D eigenvalue weighted by molar-refractivity contribution is -0.169. The van der Waals surface area contributed by atoms with E-state index in [2.05, 4.69) is 36.4 Å². The molecule has 2 saturated carbocycles. The van der Waals surface area contributed by atoms with E-state index in [1.807, 2.05) is 18.2 Å². The fourth-order valence-corrected chi connectivity index (χ4v) is 8.23. The van der Waals surface area contributed by atoms with Crippen molar-refractivity contribution in [2.45, 2.75) is 36.9 Å². The molecule has 6 heteroatoms. The van der Waals surface area contributed by atoms with Crippen LogP contribution in [-0.2, 0) is 23.9 Å². The molecule has 1 heterocycles. The molecule has 3 aromatic carbocycles. The predicted octanol–water partition coefficient (Wildman–Crippen LogP) is 4.61. The van der Waals surface area contributed by atoms with Crippen molar-refractivity contribution in [3.05, 3.63) is 101 Å². The average Bonchev–Trinajstić information content (AvgIpc) is 3.58. The molecule has 1 saturated heterocycles. The molecular weight excluding hydrogens is 480 g/mol. The first-order valence-electron chi connectivity index (χ1n) is 13.5. The van der Waals surface area contributed by atoms with Crippen LogP contribution in [0, 0.1) is 29.6 Å². The minimum Gasteiger partial charge on any atom is -0.458 e. The Hall–Kier alpha value is -3.93. The number of rotatable bonds is 4. The molecular formula is C32H26O6. The number of hydrogen-bond acceptors (Lipinski definition) is 6. The summed E-state index contributed by atoms with van der Waals surface area (Å²) < 4.78 is 17.6. The van der Waals surface area contributed by atoms with Gasteiger partial charge in [0.15, 0.2) is 0 Å². The van der Waals surface area contributed by atoms with Crippen LogP contribution >= 0.6 is 0 Å². The van der Waals surface area contributed by atoms with E-state index < -0.39 is 30.0 Å². The molecule has 1 aliphatic heterocycles. The first-order chi connectivity index (χ1) is 18.6. The summed E-state index contributed by atoms with van der Waals surface area (Å²) in [6.07, 6.45) is 0.193. The van der Waals surface area contributed by atoms with Crippen LogP contribution in [-0.4, -0.2) is 30.1 Å². The van der Waals surface area contributed by atoms with Crippen molar-refractivity contribution >= 4 is 17.9 Å². The van der Waals surface area contributed by atoms with Crippen molar-refractivity contribution in [1.82, 2.24) is 0 Å². The molecule has 6 nitrogen and oxygen atoms in total. The normalized spacial score (nSPS) is 34.8. The van der Waals surface area contributed by atoms with Crippen molar-refractivity contribution in [2.75, 3.05) is 0 Å². The van der Waals surface area contributed by atoms with E-state index in [1.165, 1.54) is 22.3 Å². The molecule has 4 bridgehead atoms. The zero-order chi connectivity index (χ0) is 25.5. The number of fused-ring (bicyclic) bond motifs is 2. The Morgan fingerprint density at radius 1 is 0.737 bits per heavy atom. The van der Waals surface area contributed by atoms with Gasteiger partial charge in [0, 0.05) is 23.7 Å². The highest BCUT2D eigenvalue weighted by Gasteiger charge is 2.70. The summed E-state index contributed by atoms with van der Waals surface area (Å²) >= 11 is 0. The van der Waals surface area contributed by atoms with Crippen molar-refractivity contribution in [3.8, 4) is 5.75 Å². The largest absolute Gasteiger partial charge is 0.458 e. The van der Waals surface area contributed by atoms with Crippen molar-refractivity contribution < 1.29 is 28.6 Å². The van der Waals surface area contributed by atoms with Gasteiger partial charge in [-0.15, -0.1) is 0 Å². The van der Waals surface area contributed by atoms with Gasteiger partial charge in [-0.2, -0.15) is 0 Å². The van der Waals surface area contributed by atoms with Gasteiger partial charge in [0.2, 0.25) is 0 Å².